The van der Waals surface area contributed by atoms with Crippen molar-refractivity contribution in [3.8, 4) is 0 Å². The third-order valence-corrected chi connectivity index (χ3v) is 6.39. The number of carbonyl (C=O) groups excluding carboxylic acids is 1. The first-order valence-corrected chi connectivity index (χ1v) is 11.2. The summed E-state index contributed by atoms with van der Waals surface area (Å²) >= 11 is 0. The molecule has 1 aliphatic carbocycles. The Hall–Kier alpha value is -3.22. The van der Waals surface area contributed by atoms with E-state index in [1.165, 1.54) is 6.07 Å². The molecule has 1 atom stereocenters. The van der Waals surface area contributed by atoms with Gasteiger partial charge >= 0.3 is 0 Å². The van der Waals surface area contributed by atoms with Gasteiger partial charge < -0.3 is 5.32 Å². The number of aromatic nitrogens is 3. The van der Waals surface area contributed by atoms with E-state index in [-0.39, 0.29) is 41.0 Å². The van der Waals surface area contributed by atoms with E-state index in [2.05, 4.69) is 20.5 Å². The van der Waals surface area contributed by atoms with E-state index in [1.54, 1.807) is 6.92 Å². The molecule has 2 aromatic heterocycles. The van der Waals surface area contributed by atoms with Crippen LogP contribution < -0.4 is 10.0 Å². The third-order valence-electron chi connectivity index (χ3n) is 4.92. The van der Waals surface area contributed by atoms with Crippen molar-refractivity contribution < 1.29 is 30.8 Å². The van der Waals surface area contributed by atoms with Crippen LogP contribution in [0.4, 0.5) is 28.9 Å². The summed E-state index contributed by atoms with van der Waals surface area (Å²) in [4.78, 5) is 16.5. The molecule has 4 rings (SSSR count). The minimum atomic E-state index is -3.88. The summed E-state index contributed by atoms with van der Waals surface area (Å²) in [7, 11) is -3.88. The molecule has 1 unspecified atom stereocenters. The molecule has 32 heavy (non-hydrogen) atoms. The Balaban J connectivity index is 1.62. The van der Waals surface area contributed by atoms with Crippen molar-refractivity contribution in [1.29, 1.82) is 0 Å². The summed E-state index contributed by atoms with van der Waals surface area (Å²) in [6, 6.07) is 2.94. The molecule has 1 fully saturated rings. The standard InChI is InChI=1S/C19H17F4N5O3S/c1-2-5-32(30,31)28-13-4-3-12(20)14(15(13)21)18(29)25-9-6-10-16(11-7-19(11,22)23)26-27-17(10)24-8-9/h3-4,6,8,11,28H,2,5,7H2,1H3,(H,25,29)(H,24,26,27). The lowest BCUT2D eigenvalue weighted by molar-refractivity contribution is 0.101. The van der Waals surface area contributed by atoms with E-state index < -0.39 is 50.7 Å². The fourth-order valence-corrected chi connectivity index (χ4v) is 4.42. The number of alkyl halides is 2. The third kappa shape index (κ3) is 4.11. The van der Waals surface area contributed by atoms with Crippen LogP contribution in [0.5, 0.6) is 0 Å². The second-order valence-electron chi connectivity index (χ2n) is 7.41. The summed E-state index contributed by atoms with van der Waals surface area (Å²) in [5, 5.41) is 8.88. The number of pyridine rings is 1. The van der Waals surface area contributed by atoms with Crippen LogP contribution >= 0.6 is 0 Å². The number of benzene rings is 1. The number of hydrogen-bond acceptors (Lipinski definition) is 5. The average Bonchev–Trinajstić information content (AvgIpc) is 3.14. The minimum absolute atomic E-state index is 0.00937. The SMILES string of the molecule is CCCS(=O)(=O)Nc1ccc(F)c(C(=O)Nc2cnc3[nH]nc(C4CC4(F)F)c3c2)c1F. The first-order chi connectivity index (χ1) is 15.0. The van der Waals surface area contributed by atoms with Crippen LogP contribution in [0, 0.1) is 11.6 Å². The number of H-pyrrole nitrogens is 1. The zero-order valence-electron chi connectivity index (χ0n) is 16.5. The van der Waals surface area contributed by atoms with Gasteiger partial charge in [0.15, 0.2) is 11.5 Å². The highest BCUT2D eigenvalue weighted by Gasteiger charge is 2.59. The smallest absolute Gasteiger partial charge is 0.261 e. The number of anilines is 2. The maximum atomic E-state index is 14.8. The molecule has 0 saturated heterocycles. The molecular formula is C19H17F4N5O3S. The van der Waals surface area contributed by atoms with Crippen LogP contribution in [-0.2, 0) is 10.0 Å². The summed E-state index contributed by atoms with van der Waals surface area (Å²) in [5.41, 5.74) is -1.30. The fraction of sp³-hybridized carbons (Fsp3) is 0.316. The van der Waals surface area contributed by atoms with Crippen molar-refractivity contribution in [2.45, 2.75) is 31.6 Å². The van der Waals surface area contributed by atoms with Crippen molar-refractivity contribution in [2.75, 3.05) is 15.8 Å². The zero-order chi connectivity index (χ0) is 23.3. The van der Waals surface area contributed by atoms with E-state index in [1.807, 2.05) is 4.72 Å². The zero-order valence-corrected chi connectivity index (χ0v) is 17.4. The van der Waals surface area contributed by atoms with E-state index in [0.29, 0.717) is 0 Å². The highest BCUT2D eigenvalue weighted by atomic mass is 32.2. The van der Waals surface area contributed by atoms with E-state index >= 15 is 0 Å². The van der Waals surface area contributed by atoms with Gasteiger partial charge in [0.2, 0.25) is 10.0 Å². The predicted octanol–water partition coefficient (Wildman–Crippen LogP) is 3.76. The van der Waals surface area contributed by atoms with Gasteiger partial charge in [0, 0.05) is 11.8 Å². The first-order valence-electron chi connectivity index (χ1n) is 9.54. The Labute approximate surface area is 179 Å². The summed E-state index contributed by atoms with van der Waals surface area (Å²) in [6.45, 7) is 1.61. The van der Waals surface area contributed by atoms with Crippen LogP contribution in [0.1, 0.15) is 41.7 Å². The van der Waals surface area contributed by atoms with Crippen LogP contribution in [0.25, 0.3) is 11.0 Å². The highest BCUT2D eigenvalue weighted by Crippen LogP contribution is 2.56. The maximum Gasteiger partial charge on any atom is 0.261 e. The van der Waals surface area contributed by atoms with Crippen molar-refractivity contribution >= 4 is 38.3 Å². The van der Waals surface area contributed by atoms with Crippen LogP contribution in [-0.4, -0.2) is 41.2 Å². The molecule has 1 saturated carbocycles. The second-order valence-corrected chi connectivity index (χ2v) is 9.25. The Morgan fingerprint density at radius 2 is 2.03 bits per heavy atom. The molecule has 0 radical (unpaired) electrons. The van der Waals surface area contributed by atoms with Gasteiger partial charge in [-0.2, -0.15) is 5.10 Å². The molecule has 8 nitrogen and oxygen atoms in total. The Kier molecular flexibility index (Phi) is 5.31. The fourth-order valence-electron chi connectivity index (χ4n) is 3.29. The van der Waals surface area contributed by atoms with E-state index in [0.717, 1.165) is 18.3 Å². The van der Waals surface area contributed by atoms with Crippen molar-refractivity contribution in [3.63, 3.8) is 0 Å². The quantitative estimate of drug-likeness (QED) is 0.454. The lowest BCUT2D eigenvalue weighted by Crippen LogP contribution is -2.20. The molecule has 170 valence electrons. The van der Waals surface area contributed by atoms with Gasteiger partial charge in [0.1, 0.15) is 11.4 Å². The van der Waals surface area contributed by atoms with Gasteiger partial charge in [-0.25, -0.2) is 31.0 Å². The number of halogens is 4. The van der Waals surface area contributed by atoms with Gasteiger partial charge in [-0.3, -0.25) is 14.6 Å². The van der Waals surface area contributed by atoms with Gasteiger partial charge in [-0.1, -0.05) is 6.92 Å². The minimum Gasteiger partial charge on any atom is -0.320 e. The topological polar surface area (TPSA) is 117 Å². The second kappa shape index (κ2) is 7.73. The molecule has 13 heteroatoms. The molecule has 1 aliphatic rings. The number of aromatic amines is 1. The Morgan fingerprint density at radius 3 is 2.69 bits per heavy atom. The molecule has 2 heterocycles. The van der Waals surface area contributed by atoms with Crippen molar-refractivity contribution in [1.82, 2.24) is 15.2 Å². The molecule has 1 aromatic carbocycles. The number of rotatable bonds is 7. The number of carbonyl (C=O) groups is 1. The molecule has 3 aromatic rings. The number of hydrogen-bond donors (Lipinski definition) is 3. The molecule has 0 bridgehead atoms. The number of amides is 1. The molecule has 0 aliphatic heterocycles. The maximum absolute atomic E-state index is 14.8. The Morgan fingerprint density at radius 1 is 1.31 bits per heavy atom. The lowest BCUT2D eigenvalue weighted by atomic mass is 10.1. The summed E-state index contributed by atoms with van der Waals surface area (Å²) in [6.07, 6.45) is 1.07. The largest absolute Gasteiger partial charge is 0.320 e. The summed E-state index contributed by atoms with van der Waals surface area (Å²) < 4.78 is 81.7. The predicted molar refractivity (Wildman–Crippen MR) is 108 cm³/mol. The number of nitrogens with zero attached hydrogens (tertiary/aromatic N) is 2. The Bertz CT molecular complexity index is 1330. The monoisotopic (exact) mass is 471 g/mol. The van der Waals surface area contributed by atoms with Crippen molar-refractivity contribution in [2.24, 2.45) is 0 Å². The molecule has 0 spiro atoms. The number of sulfonamides is 1. The highest BCUT2D eigenvalue weighted by molar-refractivity contribution is 7.92. The summed E-state index contributed by atoms with van der Waals surface area (Å²) in [5.74, 6) is -8.05. The van der Waals surface area contributed by atoms with Gasteiger partial charge in [-0.15, -0.1) is 0 Å². The van der Waals surface area contributed by atoms with Gasteiger partial charge in [0.25, 0.3) is 11.8 Å². The molecular weight excluding hydrogens is 454 g/mol. The van der Waals surface area contributed by atoms with E-state index in [4.69, 9.17) is 0 Å². The average molecular weight is 471 g/mol. The van der Waals surface area contributed by atoms with Gasteiger partial charge in [-0.05, 0) is 24.6 Å². The lowest BCUT2D eigenvalue weighted by Gasteiger charge is -2.12. The van der Waals surface area contributed by atoms with Gasteiger partial charge in [0.05, 0.1) is 34.9 Å². The first kappa shape index (κ1) is 22.0. The van der Waals surface area contributed by atoms with Crippen LogP contribution in [0.2, 0.25) is 0 Å². The van der Waals surface area contributed by atoms with Crippen LogP contribution in [0.15, 0.2) is 24.4 Å². The van der Waals surface area contributed by atoms with Crippen LogP contribution in [0.3, 0.4) is 0 Å². The van der Waals surface area contributed by atoms with Crippen molar-refractivity contribution in [3.05, 3.63) is 47.3 Å². The normalized spacial score (nSPS) is 17.3. The number of nitrogens with one attached hydrogen (secondary N) is 3. The molecule has 3 N–H and O–H groups in total. The molecule has 1 amide bonds. The number of fused-ring (bicyclic) bond motifs is 1. The van der Waals surface area contributed by atoms with E-state index in [9.17, 15) is 30.8 Å².